The second-order valence-corrected chi connectivity index (χ2v) is 7.42. The first-order valence-corrected chi connectivity index (χ1v) is 9.55. The smallest absolute Gasteiger partial charge is 0.273 e. The number of hydrogen-bond acceptors (Lipinski definition) is 5. The van der Waals surface area contributed by atoms with E-state index in [4.69, 9.17) is 4.74 Å². The van der Waals surface area contributed by atoms with E-state index in [0.29, 0.717) is 34.8 Å². The van der Waals surface area contributed by atoms with Crippen LogP contribution in [-0.4, -0.2) is 44.9 Å². The Morgan fingerprint density at radius 3 is 2.73 bits per heavy atom. The number of aromatic nitrogens is 2. The number of ether oxygens (including phenoxy) is 1. The molecule has 1 atom stereocenters. The molecule has 3 aromatic rings. The SMILES string of the molecule is C=CCN1C(=O)c2[nH]nc(-c3cc(C)cc(C)c3O)c2C1c1ccc(O)c(OC)c1. The summed E-state index contributed by atoms with van der Waals surface area (Å²) in [5.41, 5.74) is 4.60. The Morgan fingerprint density at radius 2 is 2.03 bits per heavy atom. The molecular formula is C23H23N3O4. The minimum atomic E-state index is -0.478. The zero-order chi connectivity index (χ0) is 21.6. The Hall–Kier alpha value is -3.74. The van der Waals surface area contributed by atoms with E-state index in [1.807, 2.05) is 26.0 Å². The number of phenols is 2. The molecule has 30 heavy (non-hydrogen) atoms. The topological polar surface area (TPSA) is 98.7 Å². The lowest BCUT2D eigenvalue weighted by molar-refractivity contribution is 0.0764. The molecule has 0 spiro atoms. The highest BCUT2D eigenvalue weighted by Crippen LogP contribution is 2.46. The lowest BCUT2D eigenvalue weighted by atomic mass is 9.94. The van der Waals surface area contributed by atoms with Crippen molar-refractivity contribution in [2.75, 3.05) is 13.7 Å². The molecule has 154 valence electrons. The van der Waals surface area contributed by atoms with Gasteiger partial charge in [0.25, 0.3) is 5.91 Å². The van der Waals surface area contributed by atoms with Gasteiger partial charge in [-0.05, 0) is 48.7 Å². The molecule has 1 aliphatic heterocycles. The van der Waals surface area contributed by atoms with Crippen LogP contribution < -0.4 is 4.74 Å². The first-order chi connectivity index (χ1) is 14.4. The molecule has 1 aliphatic rings. The maximum Gasteiger partial charge on any atom is 0.273 e. The van der Waals surface area contributed by atoms with Crippen LogP contribution in [0.15, 0.2) is 43.0 Å². The molecule has 0 bridgehead atoms. The van der Waals surface area contributed by atoms with Crippen LogP contribution in [0.1, 0.15) is 38.8 Å². The number of nitrogens with zero attached hydrogens (tertiary/aromatic N) is 2. The van der Waals surface area contributed by atoms with Crippen molar-refractivity contribution < 1.29 is 19.7 Å². The number of carbonyl (C=O) groups excluding carboxylic acids is 1. The van der Waals surface area contributed by atoms with Gasteiger partial charge in [0.1, 0.15) is 17.1 Å². The van der Waals surface area contributed by atoms with Gasteiger partial charge in [-0.2, -0.15) is 5.10 Å². The van der Waals surface area contributed by atoms with Crippen molar-refractivity contribution in [3.05, 3.63) is 70.9 Å². The molecule has 0 aliphatic carbocycles. The third-order valence-electron chi connectivity index (χ3n) is 5.41. The van der Waals surface area contributed by atoms with Gasteiger partial charge in [0, 0.05) is 17.7 Å². The Bertz CT molecular complexity index is 1170. The fourth-order valence-electron chi connectivity index (χ4n) is 4.08. The van der Waals surface area contributed by atoms with Crippen molar-refractivity contribution in [1.29, 1.82) is 0 Å². The summed E-state index contributed by atoms with van der Waals surface area (Å²) < 4.78 is 5.27. The van der Waals surface area contributed by atoms with Crippen LogP contribution in [0.25, 0.3) is 11.3 Å². The predicted molar refractivity (Wildman–Crippen MR) is 113 cm³/mol. The number of aromatic amines is 1. The summed E-state index contributed by atoms with van der Waals surface area (Å²) in [6.07, 6.45) is 1.66. The van der Waals surface area contributed by atoms with Crippen LogP contribution in [0, 0.1) is 13.8 Å². The number of phenolic OH excluding ortho intramolecular Hbond substituents is 2. The molecule has 0 fully saturated rings. The molecule has 2 aromatic carbocycles. The van der Waals surface area contributed by atoms with Gasteiger partial charge in [0.2, 0.25) is 0 Å². The van der Waals surface area contributed by atoms with Crippen molar-refractivity contribution in [2.24, 2.45) is 0 Å². The van der Waals surface area contributed by atoms with E-state index in [-0.39, 0.29) is 17.4 Å². The minimum Gasteiger partial charge on any atom is -0.507 e. The van der Waals surface area contributed by atoms with Crippen molar-refractivity contribution in [3.8, 4) is 28.5 Å². The molecule has 4 rings (SSSR count). The highest BCUT2D eigenvalue weighted by Gasteiger charge is 2.42. The summed E-state index contributed by atoms with van der Waals surface area (Å²) in [4.78, 5) is 14.8. The lowest BCUT2D eigenvalue weighted by Gasteiger charge is -2.25. The third-order valence-corrected chi connectivity index (χ3v) is 5.41. The average molecular weight is 405 g/mol. The maximum atomic E-state index is 13.1. The molecule has 0 radical (unpaired) electrons. The number of benzene rings is 2. The number of methoxy groups -OCH3 is 1. The zero-order valence-electron chi connectivity index (χ0n) is 17.1. The minimum absolute atomic E-state index is 0.0143. The molecular weight excluding hydrogens is 382 g/mol. The summed E-state index contributed by atoms with van der Waals surface area (Å²) in [6, 6.07) is 8.26. The Balaban J connectivity index is 1.96. The summed E-state index contributed by atoms with van der Waals surface area (Å²) in [5.74, 6) is 0.253. The average Bonchev–Trinajstić information content (AvgIpc) is 3.25. The van der Waals surface area contributed by atoms with Gasteiger partial charge in [-0.25, -0.2) is 0 Å². The predicted octanol–water partition coefficient (Wildman–Crippen LogP) is 3.84. The fourth-order valence-corrected chi connectivity index (χ4v) is 4.08. The molecule has 3 N–H and O–H groups in total. The van der Waals surface area contributed by atoms with E-state index in [9.17, 15) is 15.0 Å². The molecule has 2 heterocycles. The fraction of sp³-hybridized carbons (Fsp3) is 0.217. The Labute approximate surface area is 174 Å². The largest absolute Gasteiger partial charge is 0.507 e. The first kappa shape index (κ1) is 19.6. The van der Waals surface area contributed by atoms with E-state index < -0.39 is 6.04 Å². The summed E-state index contributed by atoms with van der Waals surface area (Å²) in [5, 5.41) is 28.0. The van der Waals surface area contributed by atoms with Crippen molar-refractivity contribution >= 4 is 5.91 Å². The second-order valence-electron chi connectivity index (χ2n) is 7.42. The van der Waals surface area contributed by atoms with Gasteiger partial charge < -0.3 is 19.8 Å². The molecule has 1 amide bonds. The number of H-pyrrole nitrogens is 1. The standard InChI is InChI=1S/C23H23N3O4/c1-5-8-26-21(14-6-7-16(27)17(11-14)30-4)18-19(24-25-20(18)23(26)29)15-10-12(2)9-13(3)22(15)28/h5-7,9-11,21,27-28H,1,8H2,2-4H3,(H,24,25). The Morgan fingerprint density at radius 1 is 1.27 bits per heavy atom. The highest BCUT2D eigenvalue weighted by molar-refractivity contribution is 6.00. The van der Waals surface area contributed by atoms with E-state index in [1.54, 1.807) is 23.1 Å². The monoisotopic (exact) mass is 405 g/mol. The van der Waals surface area contributed by atoms with E-state index in [1.165, 1.54) is 13.2 Å². The number of fused-ring (bicyclic) bond motifs is 1. The summed E-state index contributed by atoms with van der Waals surface area (Å²) in [6.45, 7) is 7.88. The maximum absolute atomic E-state index is 13.1. The van der Waals surface area contributed by atoms with Crippen molar-refractivity contribution in [1.82, 2.24) is 15.1 Å². The lowest BCUT2D eigenvalue weighted by Crippen LogP contribution is -2.29. The highest BCUT2D eigenvalue weighted by atomic mass is 16.5. The van der Waals surface area contributed by atoms with E-state index in [2.05, 4.69) is 16.8 Å². The second kappa shape index (κ2) is 7.26. The number of amides is 1. The normalized spacial score (nSPS) is 15.4. The van der Waals surface area contributed by atoms with Crippen LogP contribution >= 0.6 is 0 Å². The summed E-state index contributed by atoms with van der Waals surface area (Å²) in [7, 11) is 1.47. The van der Waals surface area contributed by atoms with Crippen molar-refractivity contribution in [2.45, 2.75) is 19.9 Å². The van der Waals surface area contributed by atoms with Crippen LogP contribution in [0.4, 0.5) is 0 Å². The van der Waals surface area contributed by atoms with E-state index >= 15 is 0 Å². The van der Waals surface area contributed by atoms with Gasteiger partial charge in [0.05, 0.1) is 13.2 Å². The van der Waals surface area contributed by atoms with Gasteiger partial charge in [-0.1, -0.05) is 18.2 Å². The van der Waals surface area contributed by atoms with Gasteiger partial charge in [0.15, 0.2) is 11.5 Å². The molecule has 7 heteroatoms. The van der Waals surface area contributed by atoms with Gasteiger partial charge >= 0.3 is 0 Å². The molecule has 7 nitrogen and oxygen atoms in total. The zero-order valence-corrected chi connectivity index (χ0v) is 17.1. The number of hydrogen-bond donors (Lipinski definition) is 3. The quantitative estimate of drug-likeness (QED) is 0.560. The number of nitrogens with one attached hydrogen (secondary N) is 1. The van der Waals surface area contributed by atoms with Gasteiger partial charge in [-0.15, -0.1) is 6.58 Å². The molecule has 1 aromatic heterocycles. The van der Waals surface area contributed by atoms with Crippen LogP contribution in [0.3, 0.4) is 0 Å². The van der Waals surface area contributed by atoms with Crippen LogP contribution in [-0.2, 0) is 0 Å². The first-order valence-electron chi connectivity index (χ1n) is 9.55. The molecule has 1 unspecified atom stereocenters. The number of rotatable bonds is 5. The molecule has 0 saturated heterocycles. The summed E-state index contributed by atoms with van der Waals surface area (Å²) >= 11 is 0. The van der Waals surface area contributed by atoms with Gasteiger partial charge in [-0.3, -0.25) is 9.89 Å². The third kappa shape index (κ3) is 2.90. The van der Waals surface area contributed by atoms with Crippen molar-refractivity contribution in [3.63, 3.8) is 0 Å². The number of aromatic hydroxyl groups is 2. The van der Waals surface area contributed by atoms with Crippen LogP contribution in [0.5, 0.6) is 17.2 Å². The Kier molecular flexibility index (Phi) is 4.73. The van der Waals surface area contributed by atoms with Crippen LogP contribution in [0.2, 0.25) is 0 Å². The number of aryl methyl sites for hydroxylation is 2. The number of carbonyl (C=O) groups is 1. The van der Waals surface area contributed by atoms with E-state index in [0.717, 1.165) is 16.7 Å². The molecule has 0 saturated carbocycles.